The summed E-state index contributed by atoms with van der Waals surface area (Å²) >= 11 is 11.5. The molecule has 1 N–H and O–H groups in total. The van der Waals surface area contributed by atoms with Crippen LogP contribution in [0.1, 0.15) is 0 Å². The third kappa shape index (κ3) is 3.78. The van der Waals surface area contributed by atoms with E-state index in [1.54, 1.807) is 0 Å². The Morgan fingerprint density at radius 1 is 1.03 bits per heavy atom. The Bertz CT molecular complexity index is 1310. The summed E-state index contributed by atoms with van der Waals surface area (Å²) in [4.78, 5) is 12.0. The normalized spacial score (nSPS) is 14.5. The van der Waals surface area contributed by atoms with E-state index in [1.165, 1.54) is 36.5 Å². The van der Waals surface area contributed by atoms with E-state index in [0.29, 0.717) is 0 Å². The quantitative estimate of drug-likeness (QED) is 0.617. The fourth-order valence-electron chi connectivity index (χ4n) is 2.59. The van der Waals surface area contributed by atoms with Crippen molar-refractivity contribution in [3.63, 3.8) is 0 Å². The lowest BCUT2D eigenvalue weighted by Gasteiger charge is -2.10. The molecule has 1 aliphatic rings. The molecular formula is C17H9Cl2F2N3O5S. The van der Waals surface area contributed by atoms with Crippen molar-refractivity contribution in [1.82, 2.24) is 9.78 Å². The highest BCUT2D eigenvalue weighted by atomic mass is 35.5. The van der Waals surface area contributed by atoms with Gasteiger partial charge >= 0.3 is 6.29 Å². The van der Waals surface area contributed by atoms with Crippen LogP contribution in [0.25, 0.3) is 5.69 Å². The first kappa shape index (κ1) is 20.4. The molecule has 0 amide bonds. The minimum atomic E-state index is -4.07. The zero-order valence-corrected chi connectivity index (χ0v) is 16.8. The second-order valence-electron chi connectivity index (χ2n) is 5.95. The second-order valence-corrected chi connectivity index (χ2v) is 8.42. The number of nitrogens with one attached hydrogen (secondary N) is 1. The maximum atomic E-state index is 13.1. The van der Waals surface area contributed by atoms with Crippen LogP contribution in [-0.4, -0.2) is 24.5 Å². The zero-order chi connectivity index (χ0) is 21.7. The molecule has 8 nitrogen and oxygen atoms in total. The fourth-order valence-corrected chi connectivity index (χ4v) is 3.89. The minimum absolute atomic E-state index is 0.0113. The van der Waals surface area contributed by atoms with Crippen molar-refractivity contribution in [2.75, 3.05) is 4.72 Å². The summed E-state index contributed by atoms with van der Waals surface area (Å²) in [7, 11) is -4.07. The molecule has 0 atom stereocenters. The Morgan fingerprint density at radius 2 is 1.70 bits per heavy atom. The Balaban J connectivity index is 1.59. The van der Waals surface area contributed by atoms with Crippen molar-refractivity contribution in [1.29, 1.82) is 0 Å². The molecule has 156 valence electrons. The largest absolute Gasteiger partial charge is 0.586 e. The Hall–Kier alpha value is -2.89. The lowest BCUT2D eigenvalue weighted by atomic mass is 10.3. The van der Waals surface area contributed by atoms with Crippen molar-refractivity contribution in [3.05, 3.63) is 69.1 Å². The second kappa shape index (κ2) is 7.11. The molecule has 3 aromatic rings. The highest BCUT2D eigenvalue weighted by Crippen LogP contribution is 2.42. The SMILES string of the molecule is O=c1c(Cl)c(Cl)cnn1-c1ccc(S(=O)(=O)Nc2ccc3c(c2)OC(F)(F)O3)cc1. The van der Waals surface area contributed by atoms with Crippen LogP contribution in [0.3, 0.4) is 0 Å². The highest BCUT2D eigenvalue weighted by Gasteiger charge is 2.43. The zero-order valence-electron chi connectivity index (χ0n) is 14.5. The molecule has 0 radical (unpaired) electrons. The van der Waals surface area contributed by atoms with Gasteiger partial charge in [0.1, 0.15) is 5.02 Å². The third-order valence-electron chi connectivity index (χ3n) is 3.92. The molecule has 0 saturated heterocycles. The highest BCUT2D eigenvalue weighted by molar-refractivity contribution is 7.92. The van der Waals surface area contributed by atoms with Gasteiger partial charge in [-0.25, -0.2) is 8.42 Å². The fraction of sp³-hybridized carbons (Fsp3) is 0.0588. The number of nitrogens with zero attached hydrogens (tertiary/aromatic N) is 2. The van der Waals surface area contributed by atoms with Crippen molar-refractivity contribution in [3.8, 4) is 17.2 Å². The molecule has 1 aliphatic heterocycles. The first-order valence-electron chi connectivity index (χ1n) is 8.02. The van der Waals surface area contributed by atoms with Gasteiger partial charge in [-0.05, 0) is 36.4 Å². The molecular weight excluding hydrogens is 467 g/mol. The Morgan fingerprint density at radius 3 is 2.40 bits per heavy atom. The molecule has 1 aromatic heterocycles. The van der Waals surface area contributed by atoms with Crippen LogP contribution >= 0.6 is 23.2 Å². The van der Waals surface area contributed by atoms with E-state index >= 15 is 0 Å². The topological polar surface area (TPSA) is 99.5 Å². The van der Waals surface area contributed by atoms with Gasteiger partial charge in [0.25, 0.3) is 15.6 Å². The summed E-state index contributed by atoms with van der Waals surface area (Å²) in [5, 5.41) is 3.61. The van der Waals surface area contributed by atoms with Gasteiger partial charge in [-0.15, -0.1) is 8.78 Å². The van der Waals surface area contributed by atoms with E-state index in [-0.39, 0.29) is 37.8 Å². The molecule has 0 aliphatic carbocycles. The van der Waals surface area contributed by atoms with Crippen molar-refractivity contribution < 1.29 is 26.7 Å². The van der Waals surface area contributed by atoms with E-state index in [4.69, 9.17) is 23.2 Å². The molecule has 4 rings (SSSR count). The van der Waals surface area contributed by atoms with Gasteiger partial charge in [-0.1, -0.05) is 23.2 Å². The lowest BCUT2D eigenvalue weighted by Crippen LogP contribution is -2.25. The van der Waals surface area contributed by atoms with Crippen LogP contribution in [0.15, 0.2) is 58.4 Å². The van der Waals surface area contributed by atoms with Gasteiger partial charge in [0.05, 0.1) is 27.5 Å². The molecule has 0 spiro atoms. The van der Waals surface area contributed by atoms with E-state index in [0.717, 1.165) is 16.8 Å². The average Bonchev–Trinajstić information content (AvgIpc) is 2.99. The number of benzene rings is 2. The number of anilines is 1. The number of ether oxygens (including phenoxy) is 2. The smallest absolute Gasteiger partial charge is 0.395 e. The standard InChI is InChI=1S/C17H9Cl2F2N3O5S/c18-12-8-22-24(16(25)15(12)19)10-2-4-11(5-3-10)30(26,27)23-9-1-6-13-14(7-9)29-17(20,21)28-13/h1-8,23H. The van der Waals surface area contributed by atoms with E-state index in [1.807, 2.05) is 0 Å². The molecule has 0 fully saturated rings. The molecule has 0 saturated carbocycles. The lowest BCUT2D eigenvalue weighted by molar-refractivity contribution is -0.286. The Kier molecular flexibility index (Phi) is 4.83. The minimum Gasteiger partial charge on any atom is -0.395 e. The van der Waals surface area contributed by atoms with Gasteiger partial charge in [0.2, 0.25) is 0 Å². The van der Waals surface area contributed by atoms with E-state index in [2.05, 4.69) is 19.3 Å². The van der Waals surface area contributed by atoms with Crippen molar-refractivity contribution in [2.24, 2.45) is 0 Å². The molecule has 0 bridgehead atoms. The van der Waals surface area contributed by atoms with Crippen LogP contribution < -0.4 is 19.8 Å². The Labute approximate surface area is 177 Å². The van der Waals surface area contributed by atoms with E-state index < -0.39 is 21.9 Å². The summed E-state index contributed by atoms with van der Waals surface area (Å²) in [5.74, 6) is -0.521. The molecule has 2 heterocycles. The maximum absolute atomic E-state index is 13.1. The number of sulfonamides is 1. The van der Waals surface area contributed by atoms with Gasteiger partial charge in [0.15, 0.2) is 11.5 Å². The first-order chi connectivity index (χ1) is 14.1. The van der Waals surface area contributed by atoms with Crippen LogP contribution in [-0.2, 0) is 10.0 Å². The van der Waals surface area contributed by atoms with Gasteiger partial charge in [-0.3, -0.25) is 9.52 Å². The van der Waals surface area contributed by atoms with Gasteiger partial charge in [-0.2, -0.15) is 9.78 Å². The predicted molar refractivity (Wildman–Crippen MR) is 103 cm³/mol. The van der Waals surface area contributed by atoms with E-state index in [9.17, 15) is 22.0 Å². The molecule has 0 unspecified atom stereocenters. The monoisotopic (exact) mass is 475 g/mol. The van der Waals surface area contributed by atoms with Crippen LogP contribution in [0, 0.1) is 0 Å². The van der Waals surface area contributed by atoms with Crippen LogP contribution in [0.2, 0.25) is 10.0 Å². The third-order valence-corrected chi connectivity index (χ3v) is 6.07. The number of hydrogen-bond donors (Lipinski definition) is 1. The number of rotatable bonds is 4. The maximum Gasteiger partial charge on any atom is 0.586 e. The summed E-state index contributed by atoms with van der Waals surface area (Å²) < 4.78 is 63.1. The molecule has 30 heavy (non-hydrogen) atoms. The van der Waals surface area contributed by atoms with Crippen LogP contribution in [0.5, 0.6) is 11.5 Å². The summed E-state index contributed by atoms with van der Waals surface area (Å²) in [6.45, 7) is 0. The summed E-state index contributed by atoms with van der Waals surface area (Å²) in [5.41, 5.74) is -0.431. The number of fused-ring (bicyclic) bond motifs is 1. The summed E-state index contributed by atoms with van der Waals surface area (Å²) in [6.07, 6.45) is -2.63. The van der Waals surface area contributed by atoms with Crippen molar-refractivity contribution >= 4 is 38.9 Å². The summed E-state index contributed by atoms with van der Waals surface area (Å²) in [6, 6.07) is 8.61. The number of hydrogen-bond acceptors (Lipinski definition) is 6. The van der Waals surface area contributed by atoms with Crippen LogP contribution in [0.4, 0.5) is 14.5 Å². The number of aromatic nitrogens is 2. The molecule has 2 aromatic carbocycles. The average molecular weight is 476 g/mol. The van der Waals surface area contributed by atoms with Crippen molar-refractivity contribution in [2.45, 2.75) is 11.2 Å². The predicted octanol–water partition coefficient (Wildman–Crippen LogP) is 3.66. The van der Waals surface area contributed by atoms with Gasteiger partial charge < -0.3 is 9.47 Å². The first-order valence-corrected chi connectivity index (χ1v) is 10.3. The number of alkyl halides is 2. The number of halogens is 4. The van der Waals surface area contributed by atoms with Gasteiger partial charge in [0, 0.05) is 6.07 Å². The molecule has 13 heteroatoms.